The monoisotopic (exact) mass is 263 g/mol. The van der Waals surface area contributed by atoms with Gasteiger partial charge in [-0.25, -0.2) is 13.4 Å². The Hall–Kier alpha value is -1.87. The number of aromatic nitrogens is 2. The molecule has 0 N–H and O–H groups in total. The van der Waals surface area contributed by atoms with Crippen molar-refractivity contribution in [2.45, 2.75) is 19.2 Å². The molecule has 0 unspecified atom stereocenters. The van der Waals surface area contributed by atoms with E-state index in [2.05, 4.69) is 4.98 Å². The molecule has 94 valence electrons. The van der Waals surface area contributed by atoms with Crippen molar-refractivity contribution in [1.82, 2.24) is 9.55 Å². The Morgan fingerprint density at radius 3 is 2.72 bits per heavy atom. The fourth-order valence-electron chi connectivity index (χ4n) is 1.95. The van der Waals surface area contributed by atoms with Gasteiger partial charge in [-0.1, -0.05) is 0 Å². The Labute approximate surface area is 106 Å². The van der Waals surface area contributed by atoms with E-state index in [9.17, 15) is 8.42 Å². The first-order valence-electron chi connectivity index (χ1n) is 5.51. The molecule has 0 radical (unpaired) electrons. The highest BCUT2D eigenvalue weighted by atomic mass is 32.2. The number of hydrogen-bond acceptors (Lipinski definition) is 4. The van der Waals surface area contributed by atoms with E-state index in [0.717, 1.165) is 5.52 Å². The summed E-state index contributed by atoms with van der Waals surface area (Å²) in [4.78, 5) is 4.31. The molecule has 5 nitrogen and oxygen atoms in total. The van der Waals surface area contributed by atoms with Gasteiger partial charge in [0.2, 0.25) is 0 Å². The van der Waals surface area contributed by atoms with Gasteiger partial charge in [-0.3, -0.25) is 0 Å². The second kappa shape index (κ2) is 4.42. The third kappa shape index (κ3) is 2.36. The molecule has 6 heteroatoms. The number of imidazole rings is 1. The van der Waals surface area contributed by atoms with E-state index < -0.39 is 9.84 Å². The summed E-state index contributed by atoms with van der Waals surface area (Å²) in [6.07, 6.45) is 1.19. The average Bonchev–Trinajstić information content (AvgIpc) is 2.62. The molecule has 0 saturated carbocycles. The van der Waals surface area contributed by atoms with Gasteiger partial charge in [0.05, 0.1) is 22.7 Å². The molecule has 0 bridgehead atoms. The zero-order chi connectivity index (χ0) is 13.3. The lowest BCUT2D eigenvalue weighted by atomic mass is 10.2. The summed E-state index contributed by atoms with van der Waals surface area (Å²) >= 11 is 0. The molecule has 0 aliphatic rings. The van der Waals surface area contributed by atoms with Crippen molar-refractivity contribution in [3.63, 3.8) is 0 Å². The second-order valence-corrected chi connectivity index (χ2v) is 6.30. The normalized spacial score (nSPS) is 11.6. The summed E-state index contributed by atoms with van der Waals surface area (Å²) in [6, 6.07) is 7.23. The molecule has 18 heavy (non-hydrogen) atoms. The molecule has 2 aromatic rings. The van der Waals surface area contributed by atoms with E-state index in [1.165, 1.54) is 6.26 Å². The van der Waals surface area contributed by atoms with Crippen LogP contribution in [-0.2, 0) is 22.1 Å². The summed E-state index contributed by atoms with van der Waals surface area (Å²) in [7, 11) is -3.12. The Kier molecular flexibility index (Phi) is 3.09. The van der Waals surface area contributed by atoms with Crippen LogP contribution in [0.3, 0.4) is 0 Å². The number of hydrogen-bond donors (Lipinski definition) is 0. The van der Waals surface area contributed by atoms with Gasteiger partial charge in [0.25, 0.3) is 0 Å². The van der Waals surface area contributed by atoms with E-state index in [0.29, 0.717) is 23.4 Å². The van der Waals surface area contributed by atoms with Crippen molar-refractivity contribution >= 4 is 20.9 Å². The van der Waals surface area contributed by atoms with Gasteiger partial charge in [-0.15, -0.1) is 0 Å². The van der Waals surface area contributed by atoms with Crippen LogP contribution in [0.5, 0.6) is 0 Å². The average molecular weight is 263 g/mol. The highest BCUT2D eigenvalue weighted by Gasteiger charge is 2.14. The summed E-state index contributed by atoms with van der Waals surface area (Å²) in [6.45, 7) is 2.58. The predicted octanol–water partition coefficient (Wildman–Crippen LogP) is 1.47. The zero-order valence-corrected chi connectivity index (χ0v) is 11.0. The molecule has 1 aromatic carbocycles. The minimum atomic E-state index is -3.12. The molecule has 2 rings (SSSR count). The number of aryl methyl sites for hydroxylation is 1. The van der Waals surface area contributed by atoms with Gasteiger partial charge in [-0.2, -0.15) is 5.26 Å². The molecule has 0 fully saturated rings. The number of nitriles is 1. The number of rotatable bonds is 3. The topological polar surface area (TPSA) is 75.8 Å². The van der Waals surface area contributed by atoms with Crippen LogP contribution in [0.2, 0.25) is 0 Å². The molecular formula is C12H13N3O2S. The van der Waals surface area contributed by atoms with Gasteiger partial charge >= 0.3 is 0 Å². The third-order valence-electron chi connectivity index (χ3n) is 2.66. The Bertz CT molecular complexity index is 739. The first-order chi connectivity index (χ1) is 8.44. The maximum Gasteiger partial charge on any atom is 0.154 e. The number of fused-ring (bicyclic) bond motifs is 1. The van der Waals surface area contributed by atoms with E-state index >= 15 is 0 Å². The molecular weight excluding hydrogens is 250 g/mol. The van der Waals surface area contributed by atoms with E-state index in [4.69, 9.17) is 5.26 Å². The van der Waals surface area contributed by atoms with Gasteiger partial charge in [0.1, 0.15) is 11.6 Å². The van der Waals surface area contributed by atoms with Crippen molar-refractivity contribution < 1.29 is 8.42 Å². The molecule has 0 atom stereocenters. The van der Waals surface area contributed by atoms with Gasteiger partial charge in [0, 0.05) is 12.8 Å². The second-order valence-electron chi connectivity index (χ2n) is 4.16. The van der Waals surface area contributed by atoms with E-state index in [-0.39, 0.29) is 5.75 Å². The quantitative estimate of drug-likeness (QED) is 0.840. The van der Waals surface area contributed by atoms with Crippen LogP contribution in [0.1, 0.15) is 18.3 Å². The summed E-state index contributed by atoms with van der Waals surface area (Å²) in [5.41, 5.74) is 2.04. The largest absolute Gasteiger partial charge is 0.327 e. The third-order valence-corrected chi connectivity index (χ3v) is 3.45. The highest BCUT2D eigenvalue weighted by molar-refractivity contribution is 7.89. The SMILES string of the molecule is CCn1c(CS(C)(=O)=O)nc2cc(C#N)ccc21. The minimum Gasteiger partial charge on any atom is -0.327 e. The van der Waals surface area contributed by atoms with Crippen LogP contribution in [-0.4, -0.2) is 24.2 Å². The molecule has 1 aromatic heterocycles. The lowest BCUT2D eigenvalue weighted by Crippen LogP contribution is -2.08. The minimum absolute atomic E-state index is 0.0859. The molecule has 1 heterocycles. The molecule has 0 amide bonds. The molecule has 0 spiro atoms. The van der Waals surface area contributed by atoms with Crippen LogP contribution in [0, 0.1) is 11.3 Å². The Morgan fingerprint density at radius 2 is 2.17 bits per heavy atom. The maximum absolute atomic E-state index is 11.4. The Balaban J connectivity index is 2.64. The Morgan fingerprint density at radius 1 is 1.44 bits per heavy atom. The first kappa shape index (κ1) is 12.6. The summed E-state index contributed by atoms with van der Waals surface area (Å²) in [5, 5.41) is 8.84. The molecule has 0 aliphatic heterocycles. The lowest BCUT2D eigenvalue weighted by Gasteiger charge is -2.04. The fraction of sp³-hybridized carbons (Fsp3) is 0.333. The summed E-state index contributed by atoms with van der Waals surface area (Å²) in [5.74, 6) is 0.433. The van der Waals surface area contributed by atoms with Crippen LogP contribution >= 0.6 is 0 Å². The number of nitrogens with zero attached hydrogens (tertiary/aromatic N) is 3. The summed E-state index contributed by atoms with van der Waals surface area (Å²) < 4.78 is 24.6. The smallest absolute Gasteiger partial charge is 0.154 e. The van der Waals surface area contributed by atoms with Crippen LogP contribution in [0.25, 0.3) is 11.0 Å². The molecule has 0 saturated heterocycles. The number of sulfone groups is 1. The van der Waals surface area contributed by atoms with Crippen molar-refractivity contribution in [1.29, 1.82) is 5.26 Å². The van der Waals surface area contributed by atoms with Crippen LogP contribution < -0.4 is 0 Å². The van der Waals surface area contributed by atoms with Gasteiger partial charge in [0.15, 0.2) is 9.84 Å². The first-order valence-corrected chi connectivity index (χ1v) is 7.57. The van der Waals surface area contributed by atoms with Crippen LogP contribution in [0.15, 0.2) is 18.2 Å². The van der Waals surface area contributed by atoms with E-state index in [1.54, 1.807) is 18.2 Å². The fourth-order valence-corrected chi connectivity index (χ4v) is 2.64. The number of benzene rings is 1. The maximum atomic E-state index is 11.4. The van der Waals surface area contributed by atoms with Crippen LogP contribution in [0.4, 0.5) is 0 Å². The van der Waals surface area contributed by atoms with Crippen molar-refractivity contribution in [3.8, 4) is 6.07 Å². The standard InChI is InChI=1S/C12H13N3O2S/c1-3-15-11-5-4-9(7-13)6-10(11)14-12(15)8-18(2,16)17/h4-6H,3,8H2,1-2H3. The van der Waals surface area contributed by atoms with Crippen molar-refractivity contribution in [3.05, 3.63) is 29.6 Å². The zero-order valence-electron chi connectivity index (χ0n) is 10.2. The van der Waals surface area contributed by atoms with Crippen molar-refractivity contribution in [2.75, 3.05) is 6.26 Å². The van der Waals surface area contributed by atoms with Gasteiger partial charge in [-0.05, 0) is 25.1 Å². The predicted molar refractivity (Wildman–Crippen MR) is 68.7 cm³/mol. The highest BCUT2D eigenvalue weighted by Crippen LogP contribution is 2.19. The lowest BCUT2D eigenvalue weighted by molar-refractivity contribution is 0.597. The van der Waals surface area contributed by atoms with Gasteiger partial charge < -0.3 is 4.57 Å². The molecule has 0 aliphatic carbocycles. The van der Waals surface area contributed by atoms with E-state index in [1.807, 2.05) is 17.6 Å². The van der Waals surface area contributed by atoms with Crippen molar-refractivity contribution in [2.24, 2.45) is 0 Å².